The van der Waals surface area contributed by atoms with Crippen molar-refractivity contribution in [1.82, 2.24) is 34.9 Å². The Morgan fingerprint density at radius 3 is 2.79 bits per heavy atom. The van der Waals surface area contributed by atoms with Crippen LogP contribution in [0, 0.1) is 0 Å². The van der Waals surface area contributed by atoms with Gasteiger partial charge < -0.3 is 9.40 Å². The van der Waals surface area contributed by atoms with Crippen molar-refractivity contribution in [2.45, 2.75) is 18.3 Å². The summed E-state index contributed by atoms with van der Waals surface area (Å²) in [6.07, 6.45) is 11.2. The zero-order valence-electron chi connectivity index (χ0n) is 15.7. The van der Waals surface area contributed by atoms with E-state index in [1.54, 1.807) is 10.9 Å². The third kappa shape index (κ3) is 2.49. The number of H-pyrrole nitrogens is 1. The molecule has 5 aromatic heterocycles. The lowest BCUT2D eigenvalue weighted by Gasteiger charge is -2.08. The van der Waals surface area contributed by atoms with Gasteiger partial charge in [0.1, 0.15) is 5.65 Å². The van der Waals surface area contributed by atoms with Crippen molar-refractivity contribution >= 4 is 11.0 Å². The van der Waals surface area contributed by atoms with Gasteiger partial charge >= 0.3 is 0 Å². The second-order valence-corrected chi connectivity index (χ2v) is 7.43. The summed E-state index contributed by atoms with van der Waals surface area (Å²) in [5.41, 5.74) is 4.34. The molecule has 6 rings (SSSR count). The molecule has 1 N–H and O–H groups in total. The summed E-state index contributed by atoms with van der Waals surface area (Å²) in [5.74, 6) is 1.11. The molecule has 8 nitrogen and oxygen atoms in total. The predicted octanol–water partition coefficient (Wildman–Crippen LogP) is 3.49. The van der Waals surface area contributed by atoms with Crippen molar-refractivity contribution in [2.24, 2.45) is 7.05 Å². The fourth-order valence-electron chi connectivity index (χ4n) is 3.78. The van der Waals surface area contributed by atoms with Gasteiger partial charge in [-0.1, -0.05) is 6.07 Å². The molecule has 5 aromatic rings. The number of nitrogens with one attached hydrogen (secondary N) is 1. The van der Waals surface area contributed by atoms with Crippen LogP contribution in [0.4, 0.5) is 0 Å². The first kappa shape index (κ1) is 16.2. The molecule has 1 saturated carbocycles. The molecule has 1 aliphatic rings. The lowest BCUT2D eigenvalue weighted by atomic mass is 10.0. The van der Waals surface area contributed by atoms with Crippen LogP contribution in [-0.4, -0.2) is 34.9 Å². The number of aromatic amines is 1. The minimum atomic E-state index is -0.252. The third-order valence-electron chi connectivity index (χ3n) is 5.54. The number of aryl methyl sites for hydroxylation is 1. The Hall–Kier alpha value is -3.81. The van der Waals surface area contributed by atoms with E-state index in [2.05, 4.69) is 36.3 Å². The molecule has 0 amide bonds. The van der Waals surface area contributed by atoms with E-state index in [0.29, 0.717) is 11.8 Å². The number of fused-ring (bicyclic) bond motifs is 1. The normalized spacial score (nSPS) is 15.1. The number of rotatable bonds is 4. The largest absolute Gasteiger partial charge is 0.420 e. The van der Waals surface area contributed by atoms with Crippen LogP contribution in [0.25, 0.3) is 33.6 Å². The van der Waals surface area contributed by atoms with Crippen LogP contribution in [-0.2, 0) is 12.5 Å². The van der Waals surface area contributed by atoms with Crippen molar-refractivity contribution in [2.75, 3.05) is 0 Å². The summed E-state index contributed by atoms with van der Waals surface area (Å²) in [6, 6.07) is 8.00. The van der Waals surface area contributed by atoms with Crippen molar-refractivity contribution in [3.05, 3.63) is 66.8 Å². The average Bonchev–Trinajstić information content (AvgIpc) is 3.10. The SMILES string of the molecule is Cn1cc(-c2cnc3[nH]cc(-c4nnc(C5(c6ccccn6)CC5)o4)c3c2)cn1. The molecule has 0 unspecified atom stereocenters. The standard InChI is InChI=1S/C21H17N7O/c1-28-12-14(10-25-28)13-8-15-16(11-24-18(15)23-9-13)19-26-27-20(29-19)21(5-6-21)17-4-2-3-7-22-17/h2-4,7-12H,5-6H2,1H3,(H,23,24). The average molecular weight is 383 g/mol. The van der Waals surface area contributed by atoms with Crippen LogP contribution >= 0.6 is 0 Å². The van der Waals surface area contributed by atoms with Crippen LogP contribution in [0.5, 0.6) is 0 Å². The first-order valence-corrected chi connectivity index (χ1v) is 9.45. The smallest absolute Gasteiger partial charge is 0.250 e. The van der Waals surface area contributed by atoms with Crippen LogP contribution < -0.4 is 0 Å². The molecule has 142 valence electrons. The lowest BCUT2D eigenvalue weighted by molar-refractivity contribution is 0.468. The van der Waals surface area contributed by atoms with E-state index in [0.717, 1.165) is 46.3 Å². The summed E-state index contributed by atoms with van der Waals surface area (Å²) < 4.78 is 7.91. The van der Waals surface area contributed by atoms with Crippen LogP contribution in [0.1, 0.15) is 24.4 Å². The minimum absolute atomic E-state index is 0.252. The highest BCUT2D eigenvalue weighted by atomic mass is 16.4. The number of aromatic nitrogens is 7. The highest BCUT2D eigenvalue weighted by molar-refractivity contribution is 5.93. The highest BCUT2D eigenvalue weighted by Gasteiger charge is 2.52. The highest BCUT2D eigenvalue weighted by Crippen LogP contribution is 2.52. The quantitative estimate of drug-likeness (QED) is 0.510. The van der Waals surface area contributed by atoms with Crippen molar-refractivity contribution < 1.29 is 4.42 Å². The number of hydrogen-bond acceptors (Lipinski definition) is 6. The molecule has 0 aliphatic heterocycles. The van der Waals surface area contributed by atoms with Gasteiger partial charge in [0.25, 0.3) is 0 Å². The number of nitrogens with zero attached hydrogens (tertiary/aromatic N) is 6. The Labute approximate surface area is 165 Å². The second kappa shape index (κ2) is 5.84. The Bertz CT molecular complexity index is 1330. The topological polar surface area (TPSA) is 98.3 Å². The summed E-state index contributed by atoms with van der Waals surface area (Å²) in [6.45, 7) is 0. The van der Waals surface area contributed by atoms with Gasteiger partial charge in [0.2, 0.25) is 11.8 Å². The minimum Gasteiger partial charge on any atom is -0.420 e. The third-order valence-corrected chi connectivity index (χ3v) is 5.54. The molecular weight excluding hydrogens is 366 g/mol. The van der Waals surface area contributed by atoms with E-state index in [1.165, 1.54) is 0 Å². The van der Waals surface area contributed by atoms with E-state index in [-0.39, 0.29) is 5.41 Å². The molecule has 0 bridgehead atoms. The number of hydrogen-bond donors (Lipinski definition) is 1. The van der Waals surface area contributed by atoms with E-state index >= 15 is 0 Å². The van der Waals surface area contributed by atoms with Gasteiger partial charge in [0.15, 0.2) is 0 Å². The summed E-state index contributed by atoms with van der Waals surface area (Å²) in [5, 5.41) is 13.9. The molecule has 29 heavy (non-hydrogen) atoms. The lowest BCUT2D eigenvalue weighted by Crippen LogP contribution is -2.10. The Kier molecular flexibility index (Phi) is 3.26. The Morgan fingerprint density at radius 2 is 2.03 bits per heavy atom. The predicted molar refractivity (Wildman–Crippen MR) is 106 cm³/mol. The van der Waals surface area contributed by atoms with Gasteiger partial charge in [-0.05, 0) is 31.0 Å². The van der Waals surface area contributed by atoms with Gasteiger partial charge in [-0.25, -0.2) is 4.98 Å². The molecule has 5 heterocycles. The molecule has 1 fully saturated rings. The van der Waals surface area contributed by atoms with E-state index in [9.17, 15) is 0 Å². The maximum Gasteiger partial charge on any atom is 0.250 e. The molecule has 0 spiro atoms. The van der Waals surface area contributed by atoms with Gasteiger partial charge in [-0.2, -0.15) is 5.10 Å². The molecule has 0 saturated heterocycles. The fraction of sp³-hybridized carbons (Fsp3) is 0.190. The van der Waals surface area contributed by atoms with E-state index in [1.807, 2.05) is 50.0 Å². The second-order valence-electron chi connectivity index (χ2n) is 7.43. The zero-order valence-corrected chi connectivity index (χ0v) is 15.7. The maximum atomic E-state index is 6.14. The zero-order chi connectivity index (χ0) is 19.4. The first-order chi connectivity index (χ1) is 14.2. The maximum absolute atomic E-state index is 6.14. The van der Waals surface area contributed by atoms with Gasteiger partial charge in [0.05, 0.1) is 22.9 Å². The van der Waals surface area contributed by atoms with Crippen LogP contribution in [0.2, 0.25) is 0 Å². The van der Waals surface area contributed by atoms with E-state index < -0.39 is 0 Å². The van der Waals surface area contributed by atoms with Crippen LogP contribution in [0.3, 0.4) is 0 Å². The first-order valence-electron chi connectivity index (χ1n) is 9.45. The fourth-order valence-corrected chi connectivity index (χ4v) is 3.78. The monoisotopic (exact) mass is 383 g/mol. The van der Waals surface area contributed by atoms with Crippen molar-refractivity contribution in [1.29, 1.82) is 0 Å². The van der Waals surface area contributed by atoms with Gasteiger partial charge in [-0.3, -0.25) is 9.67 Å². The van der Waals surface area contributed by atoms with Crippen molar-refractivity contribution in [3.8, 4) is 22.6 Å². The summed E-state index contributed by atoms with van der Waals surface area (Å²) >= 11 is 0. The number of pyridine rings is 2. The molecule has 1 aliphatic carbocycles. The Balaban J connectivity index is 1.42. The van der Waals surface area contributed by atoms with Crippen LogP contribution in [0.15, 0.2) is 59.7 Å². The Morgan fingerprint density at radius 1 is 1.10 bits per heavy atom. The molecule has 0 radical (unpaired) electrons. The van der Waals surface area contributed by atoms with Crippen molar-refractivity contribution in [3.63, 3.8) is 0 Å². The summed E-state index contributed by atoms with van der Waals surface area (Å²) in [4.78, 5) is 12.2. The molecule has 8 heteroatoms. The van der Waals surface area contributed by atoms with Gasteiger partial charge in [0, 0.05) is 48.3 Å². The molecule has 0 aromatic carbocycles. The molecular formula is C21H17N7O. The molecule has 0 atom stereocenters. The summed E-state index contributed by atoms with van der Waals surface area (Å²) in [7, 11) is 1.90. The van der Waals surface area contributed by atoms with Gasteiger partial charge in [-0.15, -0.1) is 10.2 Å². The van der Waals surface area contributed by atoms with E-state index in [4.69, 9.17) is 4.42 Å².